The molecular formula is C19H20N2O4S2. The molecule has 0 radical (unpaired) electrons. The number of nitrogens with one attached hydrogen (secondary N) is 1. The topological polar surface area (TPSA) is 83.6 Å². The average molecular weight is 405 g/mol. The van der Waals surface area contributed by atoms with Crippen LogP contribution in [0.25, 0.3) is 0 Å². The van der Waals surface area contributed by atoms with Gasteiger partial charge in [0.25, 0.3) is 0 Å². The largest absolute Gasteiger partial charge is 0.326 e. The molecule has 0 spiro atoms. The van der Waals surface area contributed by atoms with Gasteiger partial charge in [-0.2, -0.15) is 0 Å². The Labute approximate surface area is 162 Å². The van der Waals surface area contributed by atoms with Crippen molar-refractivity contribution in [2.75, 3.05) is 29.3 Å². The van der Waals surface area contributed by atoms with Gasteiger partial charge in [0.05, 0.1) is 10.8 Å². The van der Waals surface area contributed by atoms with Gasteiger partial charge in [-0.25, -0.2) is 8.42 Å². The molecule has 2 aromatic rings. The summed E-state index contributed by atoms with van der Waals surface area (Å²) in [5, 5.41) is 2.76. The zero-order valence-corrected chi connectivity index (χ0v) is 16.6. The molecule has 0 bridgehead atoms. The SMILES string of the molecule is CSc1ccc(N2CC(C(=O)Nc3ccc(S(C)(=O)=O)cc3)CC2=O)cc1. The quantitative estimate of drug-likeness (QED) is 0.775. The van der Waals surface area contributed by atoms with Crippen molar-refractivity contribution < 1.29 is 18.0 Å². The molecule has 1 N–H and O–H groups in total. The Kier molecular flexibility index (Phi) is 5.57. The molecule has 0 aromatic heterocycles. The van der Waals surface area contributed by atoms with E-state index in [-0.39, 0.29) is 23.1 Å². The maximum absolute atomic E-state index is 12.5. The lowest BCUT2D eigenvalue weighted by Crippen LogP contribution is -2.28. The zero-order chi connectivity index (χ0) is 19.6. The minimum atomic E-state index is -3.28. The Morgan fingerprint density at radius 3 is 2.30 bits per heavy atom. The van der Waals surface area contributed by atoms with E-state index in [4.69, 9.17) is 0 Å². The molecule has 1 aliphatic rings. The third-order valence-electron chi connectivity index (χ3n) is 4.43. The first-order chi connectivity index (χ1) is 12.8. The lowest BCUT2D eigenvalue weighted by Gasteiger charge is -2.17. The number of hydrogen-bond acceptors (Lipinski definition) is 5. The van der Waals surface area contributed by atoms with Crippen molar-refractivity contribution in [1.82, 2.24) is 0 Å². The second kappa shape index (κ2) is 7.74. The van der Waals surface area contributed by atoms with E-state index in [0.717, 1.165) is 16.8 Å². The van der Waals surface area contributed by atoms with Crippen molar-refractivity contribution in [2.45, 2.75) is 16.2 Å². The predicted molar refractivity (Wildman–Crippen MR) is 107 cm³/mol. The van der Waals surface area contributed by atoms with Gasteiger partial charge in [-0.1, -0.05) is 0 Å². The van der Waals surface area contributed by atoms with E-state index in [2.05, 4.69) is 5.32 Å². The molecule has 1 fully saturated rings. The van der Waals surface area contributed by atoms with Crippen molar-refractivity contribution in [1.29, 1.82) is 0 Å². The molecule has 1 saturated heterocycles. The number of sulfone groups is 1. The van der Waals surface area contributed by atoms with E-state index in [0.29, 0.717) is 12.2 Å². The summed E-state index contributed by atoms with van der Waals surface area (Å²) in [7, 11) is -3.28. The third kappa shape index (κ3) is 4.51. The number of carbonyl (C=O) groups is 2. The van der Waals surface area contributed by atoms with Gasteiger partial charge < -0.3 is 10.2 Å². The summed E-state index contributed by atoms with van der Waals surface area (Å²) in [5.74, 6) is -0.787. The molecule has 0 saturated carbocycles. The van der Waals surface area contributed by atoms with Crippen LogP contribution in [0, 0.1) is 5.92 Å². The van der Waals surface area contributed by atoms with Crippen LogP contribution < -0.4 is 10.2 Å². The minimum Gasteiger partial charge on any atom is -0.326 e. The predicted octanol–water partition coefficient (Wildman–Crippen LogP) is 2.80. The highest BCUT2D eigenvalue weighted by Gasteiger charge is 2.35. The number of carbonyl (C=O) groups excluding carboxylic acids is 2. The van der Waals surface area contributed by atoms with Crippen LogP contribution in [-0.4, -0.2) is 39.3 Å². The summed E-state index contributed by atoms with van der Waals surface area (Å²) in [6.45, 7) is 0.324. The number of nitrogens with zero attached hydrogens (tertiary/aromatic N) is 1. The number of rotatable bonds is 5. The minimum absolute atomic E-state index is 0.0838. The standard InChI is InChI=1S/C19H20N2O4S2/c1-26-16-7-5-15(6-8-16)21-12-13(11-18(21)22)19(23)20-14-3-9-17(10-4-14)27(2,24)25/h3-10,13H,11-12H2,1-2H3,(H,20,23). The second-order valence-electron chi connectivity index (χ2n) is 6.39. The first-order valence-electron chi connectivity index (χ1n) is 8.33. The van der Waals surface area contributed by atoms with Crippen molar-refractivity contribution in [2.24, 2.45) is 5.92 Å². The van der Waals surface area contributed by atoms with Gasteiger partial charge in [0.1, 0.15) is 0 Å². The van der Waals surface area contributed by atoms with Crippen LogP contribution in [-0.2, 0) is 19.4 Å². The highest BCUT2D eigenvalue weighted by atomic mass is 32.2. The van der Waals surface area contributed by atoms with Gasteiger partial charge >= 0.3 is 0 Å². The van der Waals surface area contributed by atoms with Crippen molar-refractivity contribution in [3.8, 4) is 0 Å². The summed E-state index contributed by atoms with van der Waals surface area (Å²) in [6.07, 6.45) is 3.27. The first-order valence-corrected chi connectivity index (χ1v) is 11.4. The number of amides is 2. The lowest BCUT2D eigenvalue weighted by molar-refractivity contribution is -0.122. The van der Waals surface area contributed by atoms with Crippen LogP contribution in [0.15, 0.2) is 58.3 Å². The smallest absolute Gasteiger partial charge is 0.229 e. The van der Waals surface area contributed by atoms with Gasteiger partial charge in [-0.3, -0.25) is 9.59 Å². The molecule has 27 heavy (non-hydrogen) atoms. The van der Waals surface area contributed by atoms with Crippen molar-refractivity contribution in [3.63, 3.8) is 0 Å². The van der Waals surface area contributed by atoms with Gasteiger partial charge in [0, 0.05) is 35.5 Å². The number of thioether (sulfide) groups is 1. The normalized spacial score (nSPS) is 17.2. The van der Waals surface area contributed by atoms with Crippen LogP contribution in [0.5, 0.6) is 0 Å². The molecular weight excluding hydrogens is 384 g/mol. The summed E-state index contributed by atoms with van der Waals surface area (Å²) in [6, 6.07) is 13.7. The Morgan fingerprint density at radius 1 is 1.11 bits per heavy atom. The fourth-order valence-corrected chi connectivity index (χ4v) is 3.96. The van der Waals surface area contributed by atoms with Crippen LogP contribution in [0.4, 0.5) is 11.4 Å². The first kappa shape index (κ1) is 19.4. The van der Waals surface area contributed by atoms with Crippen molar-refractivity contribution in [3.05, 3.63) is 48.5 Å². The molecule has 1 atom stereocenters. The van der Waals surface area contributed by atoms with Crippen LogP contribution in [0.1, 0.15) is 6.42 Å². The highest BCUT2D eigenvalue weighted by molar-refractivity contribution is 7.98. The average Bonchev–Trinajstić information content (AvgIpc) is 3.03. The maximum atomic E-state index is 12.5. The summed E-state index contributed by atoms with van der Waals surface area (Å²) in [4.78, 5) is 27.8. The third-order valence-corrected chi connectivity index (χ3v) is 6.30. The summed E-state index contributed by atoms with van der Waals surface area (Å²) < 4.78 is 23.0. The monoisotopic (exact) mass is 404 g/mol. The molecule has 2 aromatic carbocycles. The van der Waals surface area contributed by atoms with Gasteiger partial charge in [-0.15, -0.1) is 11.8 Å². The van der Waals surface area contributed by atoms with E-state index in [1.165, 1.54) is 12.1 Å². The van der Waals surface area contributed by atoms with Crippen LogP contribution in [0.3, 0.4) is 0 Å². The molecule has 1 aliphatic heterocycles. The fourth-order valence-electron chi connectivity index (χ4n) is 2.92. The van der Waals surface area contributed by atoms with Crippen molar-refractivity contribution >= 4 is 44.8 Å². The van der Waals surface area contributed by atoms with E-state index in [1.54, 1.807) is 28.8 Å². The zero-order valence-electron chi connectivity index (χ0n) is 15.0. The fraction of sp³-hybridized carbons (Fsp3) is 0.263. The highest BCUT2D eigenvalue weighted by Crippen LogP contribution is 2.28. The molecule has 1 unspecified atom stereocenters. The molecule has 0 aliphatic carbocycles. The van der Waals surface area contributed by atoms with Crippen LogP contribution >= 0.6 is 11.8 Å². The van der Waals surface area contributed by atoms with E-state index in [9.17, 15) is 18.0 Å². The molecule has 3 rings (SSSR count). The maximum Gasteiger partial charge on any atom is 0.229 e. The Balaban J connectivity index is 1.66. The molecule has 1 heterocycles. The lowest BCUT2D eigenvalue weighted by atomic mass is 10.1. The van der Waals surface area contributed by atoms with E-state index in [1.807, 2.05) is 30.5 Å². The Bertz CT molecular complexity index is 954. The molecule has 8 heteroatoms. The summed E-state index contributed by atoms with van der Waals surface area (Å²) in [5.41, 5.74) is 1.29. The summed E-state index contributed by atoms with van der Waals surface area (Å²) >= 11 is 1.62. The second-order valence-corrected chi connectivity index (χ2v) is 9.28. The number of hydrogen-bond donors (Lipinski definition) is 1. The van der Waals surface area contributed by atoms with Gasteiger partial charge in [0.15, 0.2) is 9.84 Å². The van der Waals surface area contributed by atoms with Gasteiger partial charge in [-0.05, 0) is 54.8 Å². The Hall–Kier alpha value is -2.32. The molecule has 2 amide bonds. The van der Waals surface area contributed by atoms with Gasteiger partial charge in [0.2, 0.25) is 11.8 Å². The molecule has 142 valence electrons. The Morgan fingerprint density at radius 2 is 1.74 bits per heavy atom. The molecule has 6 nitrogen and oxygen atoms in total. The number of anilines is 2. The van der Waals surface area contributed by atoms with E-state index < -0.39 is 15.8 Å². The number of benzene rings is 2. The van der Waals surface area contributed by atoms with E-state index >= 15 is 0 Å². The van der Waals surface area contributed by atoms with Crippen LogP contribution in [0.2, 0.25) is 0 Å².